The maximum atomic E-state index is 12.2. The van der Waals surface area contributed by atoms with Crippen molar-refractivity contribution in [2.45, 2.75) is 58.2 Å². The van der Waals surface area contributed by atoms with Crippen LogP contribution in [0.2, 0.25) is 0 Å². The van der Waals surface area contributed by atoms with Gasteiger partial charge in [0.1, 0.15) is 29.9 Å². The van der Waals surface area contributed by atoms with Gasteiger partial charge in [0, 0.05) is 35.4 Å². The number of anilines is 1. The molecule has 2 saturated carbocycles. The number of aromatic nitrogens is 1. The van der Waals surface area contributed by atoms with Crippen LogP contribution in [0.15, 0.2) is 66.9 Å². The molecule has 40 heavy (non-hydrogen) atoms. The number of benzene rings is 3. The molecule has 0 saturated heterocycles. The largest absolute Gasteiger partial charge is 0.487 e. The Bertz CT molecular complexity index is 1560. The zero-order valence-electron chi connectivity index (χ0n) is 22.7. The quantitative estimate of drug-likeness (QED) is 0.249. The number of pyridine rings is 1. The van der Waals surface area contributed by atoms with E-state index in [9.17, 15) is 10.1 Å². The smallest absolute Gasteiger partial charge is 0.319 e. The van der Waals surface area contributed by atoms with Crippen LogP contribution >= 0.6 is 0 Å². The molecule has 204 valence electrons. The minimum Gasteiger partial charge on any atom is -0.487 e. The fourth-order valence-corrected chi connectivity index (χ4v) is 4.01. The molecule has 4 aromatic rings. The van der Waals surface area contributed by atoms with Gasteiger partial charge < -0.3 is 25.8 Å². The Labute approximate surface area is 234 Å². The monoisotopic (exact) mass is 535 g/mol. The van der Waals surface area contributed by atoms with Gasteiger partial charge in [0.25, 0.3) is 0 Å². The van der Waals surface area contributed by atoms with Crippen molar-refractivity contribution >= 4 is 22.6 Å². The number of rotatable bonds is 7. The SMILES string of the molecule is Cc1c(NC(=O)NC2CC2)ccc(Oc2ccnc3cc(OCc4ccccc4)c(C#N)cc23)c1C.NC1CC1. The molecule has 2 fully saturated rings. The van der Waals surface area contributed by atoms with Gasteiger partial charge in [-0.15, -0.1) is 0 Å². The Morgan fingerprint density at radius 1 is 1.00 bits per heavy atom. The van der Waals surface area contributed by atoms with Crippen molar-refractivity contribution in [1.29, 1.82) is 5.26 Å². The number of nitrogens with zero attached hydrogens (tertiary/aromatic N) is 2. The summed E-state index contributed by atoms with van der Waals surface area (Å²) in [5.74, 6) is 1.72. The van der Waals surface area contributed by atoms with Gasteiger partial charge in [0.2, 0.25) is 0 Å². The van der Waals surface area contributed by atoms with E-state index in [1.165, 1.54) is 12.8 Å². The molecule has 2 amide bonds. The maximum Gasteiger partial charge on any atom is 0.319 e. The third-order valence-corrected chi connectivity index (χ3v) is 6.90. The van der Waals surface area contributed by atoms with Gasteiger partial charge in [-0.25, -0.2) is 4.79 Å². The van der Waals surface area contributed by atoms with Gasteiger partial charge in [-0.05, 0) is 80.5 Å². The van der Waals surface area contributed by atoms with E-state index in [0.717, 1.165) is 35.2 Å². The van der Waals surface area contributed by atoms with Crippen LogP contribution in [0.1, 0.15) is 47.9 Å². The number of hydrogen-bond acceptors (Lipinski definition) is 6. The van der Waals surface area contributed by atoms with Crippen molar-refractivity contribution in [2.24, 2.45) is 5.73 Å². The molecule has 3 aromatic carbocycles. The third kappa shape index (κ3) is 6.87. The highest BCUT2D eigenvalue weighted by atomic mass is 16.5. The highest BCUT2D eigenvalue weighted by molar-refractivity contribution is 5.91. The molecule has 0 bridgehead atoms. The fraction of sp³-hybridized carbons (Fsp3) is 0.281. The van der Waals surface area contributed by atoms with Crippen LogP contribution < -0.4 is 25.8 Å². The number of nitriles is 1. The highest BCUT2D eigenvalue weighted by Crippen LogP contribution is 2.36. The van der Waals surface area contributed by atoms with Crippen LogP contribution in [0.5, 0.6) is 17.2 Å². The number of carbonyl (C=O) groups excluding carboxylic acids is 1. The summed E-state index contributed by atoms with van der Waals surface area (Å²) in [4.78, 5) is 16.6. The summed E-state index contributed by atoms with van der Waals surface area (Å²) in [5.41, 5.74) is 9.88. The lowest BCUT2D eigenvalue weighted by Gasteiger charge is -2.16. The Balaban J connectivity index is 0.000000741. The van der Waals surface area contributed by atoms with Crippen molar-refractivity contribution in [2.75, 3.05) is 5.32 Å². The van der Waals surface area contributed by atoms with E-state index in [4.69, 9.17) is 15.2 Å². The molecule has 0 radical (unpaired) electrons. The molecule has 1 aromatic heterocycles. The first-order valence-corrected chi connectivity index (χ1v) is 13.5. The second-order valence-electron chi connectivity index (χ2n) is 10.2. The zero-order chi connectivity index (χ0) is 28.1. The molecule has 0 unspecified atom stereocenters. The summed E-state index contributed by atoms with van der Waals surface area (Å²) in [6, 6.07) is 21.7. The van der Waals surface area contributed by atoms with E-state index < -0.39 is 0 Å². The molecule has 4 N–H and O–H groups in total. The number of fused-ring (bicyclic) bond motifs is 1. The molecule has 2 aliphatic rings. The van der Waals surface area contributed by atoms with Gasteiger partial charge >= 0.3 is 6.03 Å². The standard InChI is InChI=1S/C29H26N4O3.C3H7N/c1-18-19(2)26(11-10-24(18)33-29(34)32-22-8-9-22)36-27-12-13-31-25-15-28(21(16-30)14-23(25)27)35-17-20-6-4-3-5-7-20;4-3-1-2-3/h3-7,10-15,22H,8-9,17H2,1-2H3,(H2,32,33,34);3H,1-2,4H2. The van der Waals surface area contributed by atoms with Crippen molar-refractivity contribution < 1.29 is 14.3 Å². The van der Waals surface area contributed by atoms with Crippen LogP contribution in [0.3, 0.4) is 0 Å². The lowest BCUT2D eigenvalue weighted by Crippen LogP contribution is -2.30. The van der Waals surface area contributed by atoms with Crippen LogP contribution in [0.25, 0.3) is 10.9 Å². The molecule has 6 rings (SSSR count). The molecular formula is C32H33N5O3. The van der Waals surface area contributed by atoms with Crippen molar-refractivity contribution in [1.82, 2.24) is 10.3 Å². The van der Waals surface area contributed by atoms with Crippen molar-refractivity contribution in [3.63, 3.8) is 0 Å². The van der Waals surface area contributed by atoms with Gasteiger partial charge in [0.05, 0.1) is 11.1 Å². The Morgan fingerprint density at radius 3 is 2.42 bits per heavy atom. The van der Waals surface area contributed by atoms with Crippen LogP contribution in [-0.2, 0) is 6.61 Å². The average molecular weight is 536 g/mol. The van der Waals surface area contributed by atoms with E-state index in [1.807, 2.05) is 56.3 Å². The molecule has 8 nitrogen and oxygen atoms in total. The number of nitrogens with one attached hydrogen (secondary N) is 2. The van der Waals surface area contributed by atoms with E-state index in [-0.39, 0.29) is 12.1 Å². The van der Waals surface area contributed by atoms with E-state index >= 15 is 0 Å². The zero-order valence-corrected chi connectivity index (χ0v) is 22.7. The average Bonchev–Trinajstić information content (AvgIpc) is 3.91. The summed E-state index contributed by atoms with van der Waals surface area (Å²) >= 11 is 0. The molecule has 0 spiro atoms. The van der Waals surface area contributed by atoms with Gasteiger partial charge in [-0.2, -0.15) is 5.26 Å². The molecule has 0 atom stereocenters. The van der Waals surface area contributed by atoms with Crippen LogP contribution in [-0.4, -0.2) is 23.1 Å². The Morgan fingerprint density at radius 2 is 1.75 bits per heavy atom. The van der Waals surface area contributed by atoms with Gasteiger partial charge in [0.15, 0.2) is 0 Å². The molecular weight excluding hydrogens is 502 g/mol. The highest BCUT2D eigenvalue weighted by Gasteiger charge is 2.23. The lowest BCUT2D eigenvalue weighted by atomic mass is 10.1. The molecule has 0 aliphatic heterocycles. The first-order chi connectivity index (χ1) is 19.4. The van der Waals surface area contributed by atoms with Crippen LogP contribution in [0.4, 0.5) is 10.5 Å². The minimum absolute atomic E-state index is 0.192. The summed E-state index contributed by atoms with van der Waals surface area (Å²) in [7, 11) is 0. The number of ether oxygens (including phenoxy) is 2. The van der Waals surface area contributed by atoms with Gasteiger partial charge in [-0.1, -0.05) is 30.3 Å². The summed E-state index contributed by atoms with van der Waals surface area (Å²) in [6.07, 6.45) is 6.27. The first-order valence-electron chi connectivity index (χ1n) is 13.5. The topological polar surface area (TPSA) is 122 Å². The van der Waals surface area contributed by atoms with E-state index in [2.05, 4.69) is 21.7 Å². The fourth-order valence-electron chi connectivity index (χ4n) is 4.01. The second-order valence-corrected chi connectivity index (χ2v) is 10.2. The summed E-state index contributed by atoms with van der Waals surface area (Å²) < 4.78 is 12.2. The van der Waals surface area contributed by atoms with Gasteiger partial charge in [-0.3, -0.25) is 4.98 Å². The first kappa shape index (κ1) is 27.0. The lowest BCUT2D eigenvalue weighted by molar-refractivity contribution is 0.251. The number of urea groups is 1. The van der Waals surface area contributed by atoms with Crippen molar-refractivity contribution in [3.05, 3.63) is 89.1 Å². The number of carbonyl (C=O) groups is 1. The summed E-state index contributed by atoms with van der Waals surface area (Å²) in [5, 5.41) is 16.3. The Hall–Kier alpha value is -4.61. The number of nitrogens with two attached hydrogens (primary N) is 1. The second kappa shape index (κ2) is 12.1. The maximum absolute atomic E-state index is 12.2. The predicted molar refractivity (Wildman–Crippen MR) is 156 cm³/mol. The number of hydrogen-bond donors (Lipinski definition) is 3. The normalized spacial score (nSPS) is 13.9. The predicted octanol–water partition coefficient (Wildman–Crippen LogP) is 6.49. The minimum atomic E-state index is -0.192. The Kier molecular flexibility index (Phi) is 8.13. The third-order valence-electron chi connectivity index (χ3n) is 6.90. The molecule has 8 heteroatoms. The molecule has 1 heterocycles. The van der Waals surface area contributed by atoms with E-state index in [0.29, 0.717) is 46.4 Å². The summed E-state index contributed by atoms with van der Waals surface area (Å²) in [6.45, 7) is 4.26. The van der Waals surface area contributed by atoms with E-state index in [1.54, 1.807) is 24.4 Å². The van der Waals surface area contributed by atoms with Crippen molar-refractivity contribution in [3.8, 4) is 23.3 Å². The van der Waals surface area contributed by atoms with Crippen LogP contribution in [0, 0.1) is 25.2 Å². The molecule has 2 aliphatic carbocycles. The number of amides is 2.